The standard InChI is InChI=1S/C28H25BrFNO4/c1-16-23(32)11-13-27(2)12-10-19-25(24(16)27)34-26(33)28(19)15-22(17-8-9-21(30)20(29)14-17)31(35-28)18-6-4-3-5-7-18/h3-9,11,13-14,19,22,25H,10,12,15H2,1-2H3/t19-,22+,25+,27+,28?/m1/s1. The number of hydrogen-bond donors (Lipinski definition) is 0. The number of esters is 1. The molecule has 2 aromatic carbocycles. The number of para-hydroxylation sites is 1. The van der Waals surface area contributed by atoms with Gasteiger partial charge >= 0.3 is 5.97 Å². The van der Waals surface area contributed by atoms with Crippen LogP contribution in [0.25, 0.3) is 0 Å². The van der Waals surface area contributed by atoms with E-state index in [9.17, 15) is 14.0 Å². The van der Waals surface area contributed by atoms with E-state index in [2.05, 4.69) is 22.9 Å². The molecule has 0 radical (unpaired) electrons. The van der Waals surface area contributed by atoms with E-state index in [0.29, 0.717) is 16.5 Å². The predicted molar refractivity (Wildman–Crippen MR) is 132 cm³/mol. The number of hydrogen-bond acceptors (Lipinski definition) is 5. The summed E-state index contributed by atoms with van der Waals surface area (Å²) in [4.78, 5) is 32.8. The van der Waals surface area contributed by atoms with Gasteiger partial charge in [0.1, 0.15) is 11.9 Å². The molecule has 35 heavy (non-hydrogen) atoms. The van der Waals surface area contributed by atoms with Crippen LogP contribution in [0.5, 0.6) is 0 Å². The van der Waals surface area contributed by atoms with Crippen molar-refractivity contribution in [2.45, 2.75) is 50.9 Å². The minimum absolute atomic E-state index is 0.0394. The Labute approximate surface area is 211 Å². The van der Waals surface area contributed by atoms with Crippen molar-refractivity contribution in [2.75, 3.05) is 5.06 Å². The number of hydroxylamine groups is 1. The number of nitrogens with zero attached hydrogens (tertiary/aromatic N) is 1. The minimum atomic E-state index is -1.19. The van der Waals surface area contributed by atoms with Crippen LogP contribution in [0.4, 0.5) is 10.1 Å². The molecule has 180 valence electrons. The molecular formula is C28H25BrFNO4. The highest BCUT2D eigenvalue weighted by molar-refractivity contribution is 9.10. The highest BCUT2D eigenvalue weighted by atomic mass is 79.9. The lowest BCUT2D eigenvalue weighted by molar-refractivity contribution is -0.157. The Hall–Kier alpha value is -2.77. The Bertz CT molecular complexity index is 1310. The largest absolute Gasteiger partial charge is 0.455 e. The third kappa shape index (κ3) is 3.28. The lowest BCUT2D eigenvalue weighted by Crippen LogP contribution is -2.47. The van der Waals surface area contributed by atoms with E-state index in [1.807, 2.05) is 43.3 Å². The average molecular weight is 538 g/mol. The summed E-state index contributed by atoms with van der Waals surface area (Å²) in [7, 11) is 0. The molecule has 0 bridgehead atoms. The fraction of sp³-hybridized carbons (Fsp3) is 0.357. The van der Waals surface area contributed by atoms with Crippen molar-refractivity contribution < 1.29 is 23.6 Å². The molecule has 0 N–H and O–H groups in total. The number of halogens is 2. The van der Waals surface area contributed by atoms with Gasteiger partial charge in [0, 0.05) is 23.3 Å². The van der Waals surface area contributed by atoms with Crippen LogP contribution in [0.15, 0.2) is 76.3 Å². The van der Waals surface area contributed by atoms with Crippen LogP contribution >= 0.6 is 15.9 Å². The second-order valence-electron chi connectivity index (χ2n) is 10.2. The quantitative estimate of drug-likeness (QED) is 0.439. The Kier molecular flexibility index (Phi) is 5.10. The number of anilines is 1. The molecule has 4 aliphatic rings. The van der Waals surface area contributed by atoms with E-state index in [1.54, 1.807) is 23.3 Å². The Balaban J connectivity index is 1.44. The zero-order chi connectivity index (χ0) is 24.5. The van der Waals surface area contributed by atoms with E-state index >= 15 is 0 Å². The van der Waals surface area contributed by atoms with Crippen molar-refractivity contribution in [1.29, 1.82) is 0 Å². The van der Waals surface area contributed by atoms with Crippen molar-refractivity contribution in [3.05, 3.63) is 87.7 Å². The van der Waals surface area contributed by atoms with Gasteiger partial charge in [0.05, 0.1) is 16.2 Å². The van der Waals surface area contributed by atoms with Crippen LogP contribution in [0, 0.1) is 17.2 Å². The summed E-state index contributed by atoms with van der Waals surface area (Å²) in [6.07, 6.45) is 4.97. The van der Waals surface area contributed by atoms with Crippen LogP contribution in [0.3, 0.4) is 0 Å². The van der Waals surface area contributed by atoms with Crippen LogP contribution < -0.4 is 5.06 Å². The predicted octanol–water partition coefficient (Wildman–Crippen LogP) is 6.01. The van der Waals surface area contributed by atoms with Gasteiger partial charge in [-0.05, 0) is 77.2 Å². The number of ether oxygens (including phenoxy) is 1. The van der Waals surface area contributed by atoms with Gasteiger partial charge in [-0.2, -0.15) is 0 Å². The molecule has 1 saturated carbocycles. The fourth-order valence-corrected chi connectivity index (χ4v) is 6.75. The number of carbonyl (C=O) groups excluding carboxylic acids is 2. The number of carbonyl (C=O) groups is 2. The summed E-state index contributed by atoms with van der Waals surface area (Å²) >= 11 is 3.30. The van der Waals surface area contributed by atoms with Crippen molar-refractivity contribution in [3.63, 3.8) is 0 Å². The van der Waals surface area contributed by atoms with Gasteiger partial charge in [-0.25, -0.2) is 14.2 Å². The molecule has 2 aromatic rings. The number of ketones is 1. The van der Waals surface area contributed by atoms with Crippen molar-refractivity contribution in [1.82, 2.24) is 0 Å². The van der Waals surface area contributed by atoms with Gasteiger partial charge in [-0.3, -0.25) is 9.63 Å². The number of fused-ring (bicyclic) bond motifs is 4. The van der Waals surface area contributed by atoms with Gasteiger partial charge in [0.2, 0.25) is 5.60 Å². The molecule has 1 unspecified atom stereocenters. The first kappa shape index (κ1) is 22.7. The van der Waals surface area contributed by atoms with Gasteiger partial charge in [-0.15, -0.1) is 0 Å². The third-order valence-corrected chi connectivity index (χ3v) is 8.78. The first-order valence-corrected chi connectivity index (χ1v) is 12.7. The summed E-state index contributed by atoms with van der Waals surface area (Å²) in [5.41, 5.74) is 1.69. The van der Waals surface area contributed by atoms with E-state index < -0.39 is 17.7 Å². The van der Waals surface area contributed by atoms with E-state index in [0.717, 1.165) is 29.7 Å². The highest BCUT2D eigenvalue weighted by Gasteiger charge is 2.68. The fourth-order valence-electron chi connectivity index (χ4n) is 6.35. The summed E-state index contributed by atoms with van der Waals surface area (Å²) in [6.45, 7) is 3.93. The summed E-state index contributed by atoms with van der Waals surface area (Å²) < 4.78 is 20.5. The first-order chi connectivity index (χ1) is 16.7. The monoisotopic (exact) mass is 537 g/mol. The maximum Gasteiger partial charge on any atom is 0.342 e. The number of allylic oxidation sites excluding steroid dienone is 3. The lowest BCUT2D eigenvalue weighted by Gasteiger charge is -2.44. The average Bonchev–Trinajstić information content (AvgIpc) is 3.37. The minimum Gasteiger partial charge on any atom is -0.455 e. The molecule has 6 rings (SSSR count). The van der Waals surface area contributed by atoms with E-state index in [4.69, 9.17) is 9.57 Å². The number of rotatable bonds is 2. The summed E-state index contributed by atoms with van der Waals surface area (Å²) in [6, 6.07) is 14.2. The number of benzene rings is 2. The smallest absolute Gasteiger partial charge is 0.342 e. The molecule has 2 saturated heterocycles. The molecule has 0 amide bonds. The van der Waals surface area contributed by atoms with Crippen LogP contribution in [-0.4, -0.2) is 23.5 Å². The Morgan fingerprint density at radius 1 is 1.14 bits per heavy atom. The van der Waals surface area contributed by atoms with E-state index in [-0.39, 0.29) is 29.0 Å². The van der Waals surface area contributed by atoms with E-state index in [1.165, 1.54) is 6.07 Å². The van der Waals surface area contributed by atoms with Crippen LogP contribution in [0.1, 0.15) is 44.7 Å². The second-order valence-corrected chi connectivity index (χ2v) is 11.0. The summed E-state index contributed by atoms with van der Waals surface area (Å²) in [5.74, 6) is -1.02. The molecule has 2 heterocycles. The maximum atomic E-state index is 14.0. The normalized spacial score (nSPS) is 33.8. The summed E-state index contributed by atoms with van der Waals surface area (Å²) in [5, 5.41) is 1.77. The molecule has 2 aliphatic carbocycles. The Morgan fingerprint density at radius 2 is 1.91 bits per heavy atom. The SMILES string of the molecule is CC1=C2[C@H]3OC(=O)C4(C[C@@H](c5ccc(F)c(Br)c5)N(c5ccccc5)O4)[C@@H]3CC[C@@]2(C)C=CC1=O. The molecule has 5 nitrogen and oxygen atoms in total. The van der Waals surface area contributed by atoms with Crippen molar-refractivity contribution >= 4 is 33.4 Å². The van der Waals surface area contributed by atoms with Crippen molar-refractivity contribution in [3.8, 4) is 0 Å². The van der Waals surface area contributed by atoms with Gasteiger partial charge in [-0.1, -0.05) is 37.3 Å². The van der Waals surface area contributed by atoms with Gasteiger partial charge < -0.3 is 4.74 Å². The molecular weight excluding hydrogens is 513 g/mol. The van der Waals surface area contributed by atoms with Crippen LogP contribution in [0.2, 0.25) is 0 Å². The first-order valence-electron chi connectivity index (χ1n) is 11.9. The molecule has 5 atom stereocenters. The second kappa shape index (κ2) is 7.87. The third-order valence-electron chi connectivity index (χ3n) is 8.17. The Morgan fingerprint density at radius 3 is 2.66 bits per heavy atom. The lowest BCUT2D eigenvalue weighted by atomic mass is 9.60. The maximum absolute atomic E-state index is 14.0. The molecule has 2 aliphatic heterocycles. The van der Waals surface area contributed by atoms with Crippen molar-refractivity contribution in [2.24, 2.45) is 11.3 Å². The zero-order valence-electron chi connectivity index (χ0n) is 19.5. The molecule has 0 aromatic heterocycles. The molecule has 3 fully saturated rings. The van der Waals surface area contributed by atoms with Crippen LogP contribution in [-0.2, 0) is 19.2 Å². The molecule has 1 spiro atoms. The zero-order valence-corrected chi connectivity index (χ0v) is 21.0. The van der Waals surface area contributed by atoms with Gasteiger partial charge in [0.15, 0.2) is 5.78 Å². The molecule has 7 heteroatoms. The van der Waals surface area contributed by atoms with Gasteiger partial charge in [0.25, 0.3) is 0 Å². The topological polar surface area (TPSA) is 55.8 Å². The highest BCUT2D eigenvalue weighted by Crippen LogP contribution is 2.59.